The summed E-state index contributed by atoms with van der Waals surface area (Å²) in [6.45, 7) is 4.73. The Morgan fingerprint density at radius 3 is 2.84 bits per heavy atom. The molecule has 0 aliphatic rings. The molecule has 6 nitrogen and oxygen atoms in total. The van der Waals surface area contributed by atoms with Crippen molar-refractivity contribution in [2.24, 2.45) is 0 Å². The topological polar surface area (TPSA) is 79.8 Å². The summed E-state index contributed by atoms with van der Waals surface area (Å²) in [6, 6.07) is 3.52. The molecule has 0 atom stereocenters. The summed E-state index contributed by atoms with van der Waals surface area (Å²) in [6.07, 6.45) is 2.57. The summed E-state index contributed by atoms with van der Waals surface area (Å²) < 4.78 is 4.00. The van der Waals surface area contributed by atoms with Crippen LogP contribution in [0.3, 0.4) is 0 Å². The maximum atomic E-state index is 11.9. The normalized spacial score (nSPS) is 10.2. The molecule has 0 saturated heterocycles. The molecule has 2 heterocycles. The summed E-state index contributed by atoms with van der Waals surface area (Å²) in [5.74, 6) is 1.19. The molecule has 2 rings (SSSR count). The highest BCUT2D eigenvalue weighted by Crippen LogP contribution is 2.12. The molecular weight excluding hydrogens is 262 g/mol. The zero-order valence-electron chi connectivity index (χ0n) is 10.8. The van der Waals surface area contributed by atoms with Gasteiger partial charge in [-0.1, -0.05) is 6.92 Å². The Bertz CT molecular complexity index is 552. The zero-order chi connectivity index (χ0) is 13.7. The molecule has 19 heavy (non-hydrogen) atoms. The fourth-order valence-electron chi connectivity index (χ4n) is 1.40. The third kappa shape index (κ3) is 3.72. The molecular formula is C12H15N5OS. The highest BCUT2D eigenvalue weighted by Gasteiger charge is 2.09. The largest absolute Gasteiger partial charge is 0.370 e. The van der Waals surface area contributed by atoms with Gasteiger partial charge in [0.05, 0.1) is 5.56 Å². The van der Waals surface area contributed by atoms with Gasteiger partial charge in [-0.15, -0.1) is 0 Å². The van der Waals surface area contributed by atoms with Gasteiger partial charge in [0.25, 0.3) is 5.91 Å². The van der Waals surface area contributed by atoms with E-state index < -0.39 is 0 Å². The van der Waals surface area contributed by atoms with Gasteiger partial charge in [-0.3, -0.25) is 10.1 Å². The molecule has 2 aromatic rings. The average molecular weight is 277 g/mol. The summed E-state index contributed by atoms with van der Waals surface area (Å²) in [4.78, 5) is 20.2. The second kappa shape index (κ2) is 6.24. The van der Waals surface area contributed by atoms with Crippen molar-refractivity contribution in [2.45, 2.75) is 20.3 Å². The van der Waals surface area contributed by atoms with Crippen LogP contribution < -0.4 is 10.6 Å². The molecule has 0 aliphatic heterocycles. The van der Waals surface area contributed by atoms with E-state index in [0.717, 1.165) is 30.3 Å². The van der Waals surface area contributed by atoms with Gasteiger partial charge in [-0.05, 0) is 25.5 Å². The van der Waals surface area contributed by atoms with E-state index in [-0.39, 0.29) is 5.91 Å². The minimum absolute atomic E-state index is 0.231. The number of hydrogen-bond donors (Lipinski definition) is 2. The molecule has 100 valence electrons. The number of nitrogens with zero attached hydrogens (tertiary/aromatic N) is 3. The van der Waals surface area contributed by atoms with Crippen LogP contribution in [-0.2, 0) is 0 Å². The number of amides is 1. The van der Waals surface area contributed by atoms with Crippen molar-refractivity contribution in [1.29, 1.82) is 0 Å². The first-order chi connectivity index (χ1) is 9.19. The van der Waals surface area contributed by atoms with Crippen LogP contribution >= 0.6 is 11.5 Å². The minimum Gasteiger partial charge on any atom is -0.370 e. The lowest BCUT2D eigenvalue weighted by Gasteiger charge is -2.04. The molecule has 0 spiro atoms. The number of rotatable bonds is 5. The number of nitrogens with one attached hydrogen (secondary N) is 2. The van der Waals surface area contributed by atoms with Crippen molar-refractivity contribution in [2.75, 3.05) is 17.2 Å². The van der Waals surface area contributed by atoms with E-state index in [0.29, 0.717) is 16.5 Å². The molecule has 7 heteroatoms. The summed E-state index contributed by atoms with van der Waals surface area (Å²) in [5, 5.41) is 6.33. The van der Waals surface area contributed by atoms with Crippen molar-refractivity contribution in [3.63, 3.8) is 0 Å². The Kier molecular flexibility index (Phi) is 4.40. The number of carbonyl (C=O) groups excluding carboxylic acids is 1. The number of aryl methyl sites for hydroxylation is 1. The Hall–Kier alpha value is -2.02. The SMILES string of the molecule is CCCNc1ccc(C(=O)Nc2nc(C)ns2)cn1. The van der Waals surface area contributed by atoms with E-state index in [2.05, 4.69) is 31.9 Å². The molecule has 0 fully saturated rings. The van der Waals surface area contributed by atoms with Crippen LogP contribution in [0.4, 0.5) is 10.9 Å². The van der Waals surface area contributed by atoms with Gasteiger partial charge in [-0.25, -0.2) is 9.97 Å². The maximum Gasteiger partial charge on any atom is 0.259 e. The fourth-order valence-corrected chi connectivity index (χ4v) is 1.97. The first-order valence-electron chi connectivity index (χ1n) is 6.00. The Morgan fingerprint density at radius 2 is 2.26 bits per heavy atom. The van der Waals surface area contributed by atoms with Crippen LogP contribution in [0.15, 0.2) is 18.3 Å². The zero-order valence-corrected chi connectivity index (χ0v) is 11.6. The van der Waals surface area contributed by atoms with Gasteiger partial charge < -0.3 is 5.32 Å². The predicted octanol–water partition coefficient (Wildman–Crippen LogP) is 2.32. The van der Waals surface area contributed by atoms with E-state index in [1.165, 1.54) is 0 Å². The molecule has 2 N–H and O–H groups in total. The Morgan fingerprint density at radius 1 is 1.42 bits per heavy atom. The van der Waals surface area contributed by atoms with E-state index in [1.807, 2.05) is 0 Å². The third-order valence-corrected chi connectivity index (χ3v) is 3.05. The molecule has 0 aliphatic carbocycles. The van der Waals surface area contributed by atoms with Crippen molar-refractivity contribution in [1.82, 2.24) is 14.3 Å². The van der Waals surface area contributed by atoms with Crippen LogP contribution in [0, 0.1) is 6.92 Å². The van der Waals surface area contributed by atoms with Crippen LogP contribution in [0.2, 0.25) is 0 Å². The molecule has 0 saturated carbocycles. The van der Waals surface area contributed by atoms with Crippen LogP contribution in [0.25, 0.3) is 0 Å². The summed E-state index contributed by atoms with van der Waals surface area (Å²) >= 11 is 1.16. The molecule has 0 radical (unpaired) electrons. The van der Waals surface area contributed by atoms with Crippen LogP contribution in [0.5, 0.6) is 0 Å². The van der Waals surface area contributed by atoms with Gasteiger partial charge in [0.2, 0.25) is 5.13 Å². The smallest absolute Gasteiger partial charge is 0.259 e. The molecule has 0 unspecified atom stereocenters. The van der Waals surface area contributed by atoms with Crippen molar-refractivity contribution < 1.29 is 4.79 Å². The van der Waals surface area contributed by atoms with Gasteiger partial charge >= 0.3 is 0 Å². The standard InChI is InChI=1S/C12H15N5OS/c1-3-6-13-10-5-4-9(7-14-10)11(18)16-12-15-8(2)17-19-12/h4-5,7H,3,6H2,1-2H3,(H,13,14)(H,15,16,17,18). The highest BCUT2D eigenvalue weighted by molar-refractivity contribution is 7.09. The number of anilines is 2. The quantitative estimate of drug-likeness (QED) is 0.876. The van der Waals surface area contributed by atoms with Gasteiger partial charge in [0.15, 0.2) is 0 Å². The van der Waals surface area contributed by atoms with Gasteiger partial charge in [0, 0.05) is 24.3 Å². The molecule has 2 aromatic heterocycles. The lowest BCUT2D eigenvalue weighted by molar-refractivity contribution is 0.102. The number of hydrogen-bond acceptors (Lipinski definition) is 6. The second-order valence-electron chi connectivity index (χ2n) is 3.96. The number of aromatic nitrogens is 3. The summed E-state index contributed by atoms with van der Waals surface area (Å²) in [7, 11) is 0. The van der Waals surface area contributed by atoms with E-state index in [1.54, 1.807) is 25.3 Å². The van der Waals surface area contributed by atoms with E-state index in [4.69, 9.17) is 0 Å². The number of carbonyl (C=O) groups is 1. The molecule has 0 bridgehead atoms. The molecule has 0 aromatic carbocycles. The first kappa shape index (κ1) is 13.4. The first-order valence-corrected chi connectivity index (χ1v) is 6.78. The average Bonchev–Trinajstić information content (AvgIpc) is 2.82. The number of pyridine rings is 1. The lowest BCUT2D eigenvalue weighted by atomic mass is 10.2. The van der Waals surface area contributed by atoms with Crippen LogP contribution in [0.1, 0.15) is 29.5 Å². The Balaban J connectivity index is 1.99. The lowest BCUT2D eigenvalue weighted by Crippen LogP contribution is -2.12. The highest BCUT2D eigenvalue weighted by atomic mass is 32.1. The van der Waals surface area contributed by atoms with Gasteiger partial charge in [0.1, 0.15) is 11.6 Å². The second-order valence-corrected chi connectivity index (χ2v) is 4.71. The maximum absolute atomic E-state index is 11.9. The van der Waals surface area contributed by atoms with Gasteiger partial charge in [-0.2, -0.15) is 4.37 Å². The molecule has 1 amide bonds. The van der Waals surface area contributed by atoms with E-state index >= 15 is 0 Å². The van der Waals surface area contributed by atoms with Crippen LogP contribution in [-0.4, -0.2) is 26.8 Å². The third-order valence-electron chi connectivity index (χ3n) is 2.33. The van der Waals surface area contributed by atoms with E-state index in [9.17, 15) is 4.79 Å². The fraction of sp³-hybridized carbons (Fsp3) is 0.333. The Labute approximate surface area is 115 Å². The van der Waals surface area contributed by atoms with Crippen molar-refractivity contribution in [3.8, 4) is 0 Å². The predicted molar refractivity (Wildman–Crippen MR) is 75.6 cm³/mol. The monoisotopic (exact) mass is 277 g/mol. The summed E-state index contributed by atoms with van der Waals surface area (Å²) in [5.41, 5.74) is 0.495. The minimum atomic E-state index is -0.231. The van der Waals surface area contributed by atoms with Crippen molar-refractivity contribution in [3.05, 3.63) is 29.7 Å². The van der Waals surface area contributed by atoms with Crippen molar-refractivity contribution >= 4 is 28.4 Å².